The summed E-state index contributed by atoms with van der Waals surface area (Å²) < 4.78 is 7.84. The lowest BCUT2D eigenvalue weighted by Gasteiger charge is -2.01. The smallest absolute Gasteiger partial charge is 0.287 e. The van der Waals surface area contributed by atoms with E-state index in [1.807, 2.05) is 5.43 Å². The highest BCUT2D eigenvalue weighted by Gasteiger charge is 2.13. The highest BCUT2D eigenvalue weighted by atomic mass is 16.5. The van der Waals surface area contributed by atoms with Crippen LogP contribution in [0.5, 0.6) is 0 Å². The second-order valence-corrected chi connectivity index (χ2v) is 4.34. The molecule has 0 saturated heterocycles. The van der Waals surface area contributed by atoms with Gasteiger partial charge in [0.1, 0.15) is 11.7 Å². The number of rotatable bonds is 3. The van der Waals surface area contributed by atoms with Gasteiger partial charge in [-0.2, -0.15) is 5.10 Å². The Morgan fingerprint density at radius 2 is 2.33 bits per heavy atom. The monoisotopic (exact) mass is 289 g/mol. The lowest BCUT2D eigenvalue weighted by atomic mass is 10.3. The summed E-state index contributed by atoms with van der Waals surface area (Å²) in [6.45, 7) is 0.0987. The Bertz CT molecular complexity index is 875. The number of nitrogens with zero attached hydrogens (tertiary/aromatic N) is 5. The summed E-state index contributed by atoms with van der Waals surface area (Å²) in [6, 6.07) is 1.40. The first-order valence-electron chi connectivity index (χ1n) is 5.94. The number of hydrazine groups is 1. The van der Waals surface area contributed by atoms with Gasteiger partial charge in [-0.15, -0.1) is 0 Å². The molecule has 10 heteroatoms. The predicted octanol–water partition coefficient (Wildman–Crippen LogP) is -1.23. The minimum Gasteiger partial charge on any atom is -0.359 e. The van der Waals surface area contributed by atoms with E-state index < -0.39 is 5.91 Å². The van der Waals surface area contributed by atoms with E-state index >= 15 is 0 Å². The topological polar surface area (TPSA) is 134 Å². The van der Waals surface area contributed by atoms with Crippen molar-refractivity contribution >= 4 is 16.9 Å². The maximum Gasteiger partial charge on any atom is 0.287 e. The van der Waals surface area contributed by atoms with Gasteiger partial charge in [0.2, 0.25) is 0 Å². The maximum atomic E-state index is 12.3. The molecule has 3 aromatic heterocycles. The largest absolute Gasteiger partial charge is 0.359 e. The van der Waals surface area contributed by atoms with E-state index in [1.165, 1.54) is 27.8 Å². The van der Waals surface area contributed by atoms with Gasteiger partial charge in [-0.05, 0) is 0 Å². The molecule has 0 radical (unpaired) electrons. The molecule has 1 amide bonds. The molecule has 0 aliphatic rings. The summed E-state index contributed by atoms with van der Waals surface area (Å²) in [4.78, 5) is 27.7. The number of fused-ring (bicyclic) bond motifs is 1. The van der Waals surface area contributed by atoms with Crippen molar-refractivity contribution < 1.29 is 9.32 Å². The molecular weight excluding hydrogens is 278 g/mol. The Morgan fingerprint density at radius 3 is 3.10 bits per heavy atom. The molecule has 0 spiro atoms. The Kier molecular flexibility index (Phi) is 2.99. The number of hydrogen-bond acceptors (Lipinski definition) is 7. The first-order chi connectivity index (χ1) is 10.1. The number of carbonyl (C=O) groups is 1. The number of carbonyl (C=O) groups excluding carboxylic acids is 1. The first kappa shape index (κ1) is 13.0. The van der Waals surface area contributed by atoms with E-state index in [4.69, 9.17) is 10.4 Å². The number of nitrogens with one attached hydrogen (secondary N) is 1. The van der Waals surface area contributed by atoms with Crippen LogP contribution in [0.15, 0.2) is 27.9 Å². The van der Waals surface area contributed by atoms with Crippen molar-refractivity contribution in [1.82, 2.24) is 29.9 Å². The van der Waals surface area contributed by atoms with Crippen LogP contribution in [0.2, 0.25) is 0 Å². The molecule has 0 aliphatic heterocycles. The summed E-state index contributed by atoms with van der Waals surface area (Å²) in [6.07, 6.45) is 2.84. The van der Waals surface area contributed by atoms with Crippen LogP contribution in [0.1, 0.15) is 16.2 Å². The highest BCUT2D eigenvalue weighted by Crippen LogP contribution is 2.07. The molecule has 0 saturated carbocycles. The van der Waals surface area contributed by atoms with Crippen molar-refractivity contribution in [2.24, 2.45) is 12.9 Å². The first-order valence-corrected chi connectivity index (χ1v) is 5.94. The van der Waals surface area contributed by atoms with Gasteiger partial charge < -0.3 is 4.52 Å². The molecular formula is C11H11N7O3. The zero-order valence-corrected chi connectivity index (χ0v) is 11.0. The molecule has 0 fully saturated rings. The van der Waals surface area contributed by atoms with Gasteiger partial charge in [-0.1, -0.05) is 5.16 Å². The second kappa shape index (κ2) is 4.83. The van der Waals surface area contributed by atoms with Crippen LogP contribution >= 0.6 is 0 Å². The Hall–Kier alpha value is -3.01. The molecule has 0 atom stereocenters. The molecule has 10 nitrogen and oxygen atoms in total. The third kappa shape index (κ3) is 2.17. The van der Waals surface area contributed by atoms with Crippen molar-refractivity contribution in [3.05, 3.63) is 40.4 Å². The molecule has 3 aromatic rings. The Morgan fingerprint density at radius 1 is 1.52 bits per heavy atom. The molecule has 0 aromatic carbocycles. The van der Waals surface area contributed by atoms with Crippen LogP contribution in [0.4, 0.5) is 0 Å². The van der Waals surface area contributed by atoms with Crippen LogP contribution < -0.4 is 16.8 Å². The van der Waals surface area contributed by atoms with Gasteiger partial charge in [0.15, 0.2) is 17.1 Å². The van der Waals surface area contributed by atoms with Crippen LogP contribution in [0.3, 0.4) is 0 Å². The fourth-order valence-corrected chi connectivity index (χ4v) is 1.92. The third-order valence-corrected chi connectivity index (χ3v) is 2.97. The fraction of sp³-hybridized carbons (Fsp3) is 0.182. The van der Waals surface area contributed by atoms with E-state index in [-0.39, 0.29) is 17.8 Å². The van der Waals surface area contributed by atoms with E-state index in [2.05, 4.69) is 15.2 Å². The Balaban J connectivity index is 1.95. The predicted molar refractivity (Wildman–Crippen MR) is 70.0 cm³/mol. The lowest BCUT2D eigenvalue weighted by molar-refractivity contribution is 0.0944. The average Bonchev–Trinajstić information content (AvgIpc) is 3.09. The summed E-state index contributed by atoms with van der Waals surface area (Å²) in [5.74, 6) is 4.76. The zero-order chi connectivity index (χ0) is 15.0. The van der Waals surface area contributed by atoms with Gasteiger partial charge in [0, 0.05) is 13.1 Å². The summed E-state index contributed by atoms with van der Waals surface area (Å²) in [7, 11) is 1.70. The number of amides is 1. The van der Waals surface area contributed by atoms with Crippen LogP contribution in [-0.2, 0) is 13.6 Å². The quantitative estimate of drug-likeness (QED) is 0.350. The highest BCUT2D eigenvalue weighted by molar-refractivity contribution is 5.91. The molecule has 3 heterocycles. The molecule has 0 bridgehead atoms. The van der Waals surface area contributed by atoms with Gasteiger partial charge in [0.05, 0.1) is 12.7 Å². The van der Waals surface area contributed by atoms with Crippen LogP contribution in [0, 0.1) is 0 Å². The standard InChI is InChI=1S/C11H11N7O3/c1-17-9-7(3-14-17)11(20)18(5-13-9)4-6-2-8(16-21-6)10(19)15-12/h2-3,5H,4,12H2,1H3,(H,15,19). The van der Waals surface area contributed by atoms with Crippen molar-refractivity contribution in [3.8, 4) is 0 Å². The molecule has 0 unspecified atom stereocenters. The SMILES string of the molecule is Cn1ncc2c(=O)n(Cc3cc(C(=O)NN)no3)cnc21. The number of aromatic nitrogens is 5. The maximum absolute atomic E-state index is 12.3. The van der Waals surface area contributed by atoms with Gasteiger partial charge in [0.25, 0.3) is 11.5 Å². The van der Waals surface area contributed by atoms with Crippen molar-refractivity contribution in [1.29, 1.82) is 0 Å². The minimum absolute atomic E-state index is 0.0379. The normalized spacial score (nSPS) is 11.0. The van der Waals surface area contributed by atoms with Gasteiger partial charge in [-0.3, -0.25) is 24.3 Å². The van der Waals surface area contributed by atoms with E-state index in [0.29, 0.717) is 16.8 Å². The fourth-order valence-electron chi connectivity index (χ4n) is 1.92. The molecule has 108 valence electrons. The van der Waals surface area contributed by atoms with Crippen molar-refractivity contribution in [2.45, 2.75) is 6.54 Å². The Labute approximate surface area is 117 Å². The van der Waals surface area contributed by atoms with Gasteiger partial charge >= 0.3 is 0 Å². The average molecular weight is 289 g/mol. The minimum atomic E-state index is -0.571. The van der Waals surface area contributed by atoms with Crippen LogP contribution in [0.25, 0.3) is 11.0 Å². The summed E-state index contributed by atoms with van der Waals surface area (Å²) in [5, 5.41) is 7.94. The van der Waals surface area contributed by atoms with E-state index in [0.717, 1.165) is 0 Å². The number of aryl methyl sites for hydroxylation is 1. The summed E-state index contributed by atoms with van der Waals surface area (Å²) in [5.41, 5.74) is 2.22. The van der Waals surface area contributed by atoms with E-state index in [1.54, 1.807) is 7.05 Å². The second-order valence-electron chi connectivity index (χ2n) is 4.34. The number of nitrogen functional groups attached to an aromatic ring is 1. The molecule has 3 N–H and O–H groups in total. The molecule has 21 heavy (non-hydrogen) atoms. The van der Waals surface area contributed by atoms with Gasteiger partial charge in [-0.25, -0.2) is 10.8 Å². The third-order valence-electron chi connectivity index (χ3n) is 2.97. The number of hydrogen-bond donors (Lipinski definition) is 2. The van der Waals surface area contributed by atoms with Crippen molar-refractivity contribution in [2.75, 3.05) is 0 Å². The zero-order valence-electron chi connectivity index (χ0n) is 11.0. The summed E-state index contributed by atoms with van der Waals surface area (Å²) >= 11 is 0. The van der Waals surface area contributed by atoms with E-state index in [9.17, 15) is 9.59 Å². The molecule has 3 rings (SSSR count). The van der Waals surface area contributed by atoms with Crippen molar-refractivity contribution in [3.63, 3.8) is 0 Å². The van der Waals surface area contributed by atoms with Crippen LogP contribution in [-0.4, -0.2) is 30.4 Å². The number of nitrogens with two attached hydrogens (primary N) is 1. The lowest BCUT2D eigenvalue weighted by Crippen LogP contribution is -2.30. The molecule has 0 aliphatic carbocycles.